The van der Waals surface area contributed by atoms with Crippen molar-refractivity contribution < 1.29 is 9.47 Å². The summed E-state index contributed by atoms with van der Waals surface area (Å²) in [7, 11) is 0. The molecule has 2 nitrogen and oxygen atoms in total. The SMILES string of the molecule is C=COCCCCC(C)OC=C. The van der Waals surface area contributed by atoms with Gasteiger partial charge in [0.25, 0.3) is 0 Å². The minimum Gasteiger partial charge on any atom is -0.502 e. The zero-order valence-electron chi connectivity index (χ0n) is 7.79. The predicted molar refractivity (Wildman–Crippen MR) is 50.7 cm³/mol. The predicted octanol–water partition coefficient (Wildman–Crippen LogP) is 2.87. The Kier molecular flexibility index (Phi) is 7.55. The summed E-state index contributed by atoms with van der Waals surface area (Å²) < 4.78 is 10.1. The molecule has 0 spiro atoms. The van der Waals surface area contributed by atoms with Crippen molar-refractivity contribution in [2.45, 2.75) is 32.3 Å². The van der Waals surface area contributed by atoms with Gasteiger partial charge in [0, 0.05) is 0 Å². The van der Waals surface area contributed by atoms with Gasteiger partial charge in [0.2, 0.25) is 0 Å². The fraction of sp³-hybridized carbons (Fsp3) is 0.600. The number of unbranched alkanes of at least 4 members (excludes halogenated alkanes) is 1. The van der Waals surface area contributed by atoms with E-state index < -0.39 is 0 Å². The fourth-order valence-electron chi connectivity index (χ4n) is 0.933. The van der Waals surface area contributed by atoms with E-state index in [1.807, 2.05) is 6.92 Å². The summed E-state index contributed by atoms with van der Waals surface area (Å²) in [6.45, 7) is 9.75. The molecule has 0 rings (SSSR count). The van der Waals surface area contributed by atoms with E-state index >= 15 is 0 Å². The Labute approximate surface area is 74.9 Å². The smallest absolute Gasteiger partial charge is 0.0950 e. The second-order valence-corrected chi connectivity index (χ2v) is 2.65. The second-order valence-electron chi connectivity index (χ2n) is 2.65. The first-order valence-corrected chi connectivity index (χ1v) is 4.30. The van der Waals surface area contributed by atoms with E-state index in [2.05, 4.69) is 13.2 Å². The topological polar surface area (TPSA) is 18.5 Å². The summed E-state index contributed by atoms with van der Waals surface area (Å²) in [5.41, 5.74) is 0. The normalized spacial score (nSPS) is 11.8. The molecule has 0 aromatic heterocycles. The van der Waals surface area contributed by atoms with Crippen molar-refractivity contribution >= 4 is 0 Å². The second kappa shape index (κ2) is 8.18. The van der Waals surface area contributed by atoms with Crippen molar-refractivity contribution in [3.05, 3.63) is 25.7 Å². The highest BCUT2D eigenvalue weighted by molar-refractivity contribution is 4.57. The lowest BCUT2D eigenvalue weighted by Gasteiger charge is -2.09. The van der Waals surface area contributed by atoms with E-state index in [0.717, 1.165) is 25.9 Å². The molecule has 1 atom stereocenters. The zero-order chi connectivity index (χ0) is 9.23. The van der Waals surface area contributed by atoms with Crippen LogP contribution in [0, 0.1) is 0 Å². The van der Waals surface area contributed by atoms with E-state index in [9.17, 15) is 0 Å². The van der Waals surface area contributed by atoms with Crippen LogP contribution < -0.4 is 0 Å². The van der Waals surface area contributed by atoms with Crippen molar-refractivity contribution in [1.82, 2.24) is 0 Å². The summed E-state index contributed by atoms with van der Waals surface area (Å²) in [4.78, 5) is 0. The third-order valence-corrected chi connectivity index (χ3v) is 1.57. The summed E-state index contributed by atoms with van der Waals surface area (Å²) in [5.74, 6) is 0. The molecule has 0 fully saturated rings. The van der Waals surface area contributed by atoms with Crippen LogP contribution in [0.5, 0.6) is 0 Å². The average Bonchev–Trinajstić information content (AvgIpc) is 2.05. The van der Waals surface area contributed by atoms with E-state index in [-0.39, 0.29) is 6.10 Å². The molecular weight excluding hydrogens is 152 g/mol. The maximum atomic E-state index is 5.15. The van der Waals surface area contributed by atoms with E-state index in [1.165, 1.54) is 12.5 Å². The van der Waals surface area contributed by atoms with Crippen LogP contribution in [0.3, 0.4) is 0 Å². The number of hydrogen-bond donors (Lipinski definition) is 0. The molecule has 0 aromatic rings. The molecule has 0 aliphatic heterocycles. The van der Waals surface area contributed by atoms with Crippen LogP contribution >= 0.6 is 0 Å². The average molecular weight is 170 g/mol. The van der Waals surface area contributed by atoms with Crippen LogP contribution in [-0.2, 0) is 9.47 Å². The standard InChI is InChI=1S/C10H18O2/c1-4-11-9-7-6-8-10(3)12-5-2/h4-5,10H,1-2,6-9H2,3H3. The van der Waals surface area contributed by atoms with Crippen molar-refractivity contribution in [2.75, 3.05) is 6.61 Å². The monoisotopic (exact) mass is 170 g/mol. The highest BCUT2D eigenvalue weighted by Gasteiger charge is 1.98. The van der Waals surface area contributed by atoms with Gasteiger partial charge in [-0.1, -0.05) is 13.2 Å². The molecule has 0 heterocycles. The van der Waals surface area contributed by atoms with E-state index in [0.29, 0.717) is 0 Å². The van der Waals surface area contributed by atoms with Crippen LogP contribution in [0.2, 0.25) is 0 Å². The molecule has 0 aromatic carbocycles. The Morgan fingerprint density at radius 2 is 2.00 bits per heavy atom. The molecule has 0 N–H and O–H groups in total. The van der Waals surface area contributed by atoms with Crippen molar-refractivity contribution in [1.29, 1.82) is 0 Å². The van der Waals surface area contributed by atoms with Gasteiger partial charge in [0.05, 0.1) is 25.2 Å². The lowest BCUT2D eigenvalue weighted by atomic mass is 10.2. The van der Waals surface area contributed by atoms with Crippen molar-refractivity contribution in [2.24, 2.45) is 0 Å². The third kappa shape index (κ3) is 7.19. The molecule has 0 bridgehead atoms. The first-order valence-electron chi connectivity index (χ1n) is 4.30. The minimum atomic E-state index is 0.270. The molecule has 12 heavy (non-hydrogen) atoms. The van der Waals surface area contributed by atoms with E-state index in [4.69, 9.17) is 9.47 Å². The summed E-state index contributed by atoms with van der Waals surface area (Å²) in [6.07, 6.45) is 6.45. The molecule has 0 aliphatic carbocycles. The van der Waals surface area contributed by atoms with Gasteiger partial charge in [-0.3, -0.25) is 0 Å². The van der Waals surface area contributed by atoms with Gasteiger partial charge in [-0.2, -0.15) is 0 Å². The van der Waals surface area contributed by atoms with Crippen molar-refractivity contribution in [3.63, 3.8) is 0 Å². The van der Waals surface area contributed by atoms with Gasteiger partial charge in [0.15, 0.2) is 0 Å². The van der Waals surface area contributed by atoms with E-state index in [1.54, 1.807) is 0 Å². The Morgan fingerprint density at radius 1 is 1.25 bits per heavy atom. The lowest BCUT2D eigenvalue weighted by Crippen LogP contribution is -2.03. The number of hydrogen-bond acceptors (Lipinski definition) is 2. The van der Waals surface area contributed by atoms with Crippen LogP contribution in [0.25, 0.3) is 0 Å². The maximum Gasteiger partial charge on any atom is 0.0950 e. The molecule has 0 radical (unpaired) electrons. The Bertz CT molecular complexity index is 121. The first kappa shape index (κ1) is 11.1. The van der Waals surface area contributed by atoms with Crippen LogP contribution in [-0.4, -0.2) is 12.7 Å². The summed E-state index contributed by atoms with van der Waals surface area (Å²) >= 11 is 0. The minimum absolute atomic E-state index is 0.270. The van der Waals surface area contributed by atoms with Crippen LogP contribution in [0.15, 0.2) is 25.7 Å². The Morgan fingerprint density at radius 3 is 2.58 bits per heavy atom. The number of ether oxygens (including phenoxy) is 2. The number of rotatable bonds is 8. The molecule has 1 unspecified atom stereocenters. The van der Waals surface area contributed by atoms with Gasteiger partial charge < -0.3 is 9.47 Å². The molecule has 2 heteroatoms. The molecule has 0 aliphatic rings. The van der Waals surface area contributed by atoms with Gasteiger partial charge in [0.1, 0.15) is 0 Å². The van der Waals surface area contributed by atoms with Gasteiger partial charge >= 0.3 is 0 Å². The summed E-state index contributed by atoms with van der Waals surface area (Å²) in [6, 6.07) is 0. The third-order valence-electron chi connectivity index (χ3n) is 1.57. The maximum absolute atomic E-state index is 5.15. The fourth-order valence-corrected chi connectivity index (χ4v) is 0.933. The molecule has 70 valence electrons. The highest BCUT2D eigenvalue weighted by Crippen LogP contribution is 2.04. The zero-order valence-corrected chi connectivity index (χ0v) is 7.79. The van der Waals surface area contributed by atoms with Gasteiger partial charge in [-0.15, -0.1) is 0 Å². The van der Waals surface area contributed by atoms with Gasteiger partial charge in [-0.25, -0.2) is 0 Å². The van der Waals surface area contributed by atoms with Crippen LogP contribution in [0.1, 0.15) is 26.2 Å². The molecule has 0 amide bonds. The molecule has 0 saturated carbocycles. The first-order chi connectivity index (χ1) is 5.81. The Balaban J connectivity index is 3.07. The van der Waals surface area contributed by atoms with Gasteiger partial charge in [-0.05, 0) is 26.2 Å². The lowest BCUT2D eigenvalue weighted by molar-refractivity contribution is 0.146. The largest absolute Gasteiger partial charge is 0.502 e. The quantitative estimate of drug-likeness (QED) is 0.412. The Hall–Kier alpha value is -0.920. The van der Waals surface area contributed by atoms with Crippen molar-refractivity contribution in [3.8, 4) is 0 Å². The summed E-state index contributed by atoms with van der Waals surface area (Å²) in [5, 5.41) is 0. The molecular formula is C10H18O2. The highest BCUT2D eigenvalue weighted by atomic mass is 16.5. The molecule has 0 saturated heterocycles. The van der Waals surface area contributed by atoms with Crippen LogP contribution in [0.4, 0.5) is 0 Å².